The second-order valence-electron chi connectivity index (χ2n) is 6.65. The molecule has 2 aromatic carbocycles. The van der Waals surface area contributed by atoms with Crippen molar-refractivity contribution in [2.75, 3.05) is 0 Å². The summed E-state index contributed by atoms with van der Waals surface area (Å²) in [6.07, 6.45) is 1.65. The molecule has 0 aliphatic carbocycles. The van der Waals surface area contributed by atoms with Gasteiger partial charge in [-0.15, -0.1) is 0 Å². The largest absolute Gasteiger partial charge is 0.342 e. The van der Waals surface area contributed by atoms with E-state index < -0.39 is 6.03 Å². The molecule has 1 aromatic heterocycles. The van der Waals surface area contributed by atoms with Crippen LogP contribution in [0.25, 0.3) is 0 Å². The van der Waals surface area contributed by atoms with Gasteiger partial charge in [0.25, 0.3) is 0 Å². The lowest BCUT2D eigenvalue weighted by atomic mass is 9.95. The molecule has 0 aliphatic heterocycles. The molecule has 3 unspecified atom stereocenters. The lowest BCUT2D eigenvalue weighted by Gasteiger charge is -2.15. The van der Waals surface area contributed by atoms with Gasteiger partial charge in [-0.05, 0) is 31.2 Å². The zero-order valence-electron chi connectivity index (χ0n) is 15.7. The minimum absolute atomic E-state index is 0.0615. The molecule has 140 valence electrons. The molecule has 2 amide bonds. The lowest BCUT2D eigenvalue weighted by molar-refractivity contribution is -0.784. The third kappa shape index (κ3) is 4.73. The van der Waals surface area contributed by atoms with Crippen LogP contribution in [-0.4, -0.2) is 11.3 Å². The molecule has 3 atom stereocenters. The van der Waals surface area contributed by atoms with Crippen molar-refractivity contribution in [2.45, 2.75) is 38.8 Å². The third-order valence-electron chi connectivity index (χ3n) is 4.79. The van der Waals surface area contributed by atoms with Gasteiger partial charge in [0.15, 0.2) is 16.9 Å². The van der Waals surface area contributed by atoms with Gasteiger partial charge in [-0.25, -0.2) is 9.48 Å². The number of nitrogens with zero attached hydrogens (tertiary/aromatic N) is 3. The molecule has 6 heteroatoms. The van der Waals surface area contributed by atoms with Crippen LogP contribution in [0.2, 0.25) is 0 Å². The van der Waals surface area contributed by atoms with Crippen molar-refractivity contribution in [3.8, 4) is 0 Å². The molecular formula is C21H24N4O2. The summed E-state index contributed by atoms with van der Waals surface area (Å²) in [4.78, 5) is 16.1. The summed E-state index contributed by atoms with van der Waals surface area (Å²) in [5.41, 5.74) is 2.41. The van der Waals surface area contributed by atoms with Crippen LogP contribution in [0.4, 0.5) is 4.79 Å². The van der Waals surface area contributed by atoms with Crippen LogP contribution >= 0.6 is 0 Å². The van der Waals surface area contributed by atoms with Gasteiger partial charge in [-0.1, -0.05) is 67.6 Å². The van der Waals surface area contributed by atoms with Gasteiger partial charge >= 0.3 is 6.03 Å². The highest BCUT2D eigenvalue weighted by Crippen LogP contribution is 2.23. The van der Waals surface area contributed by atoms with Crippen LogP contribution in [0.5, 0.6) is 0 Å². The molecule has 1 heterocycles. The second kappa shape index (κ2) is 8.49. The zero-order valence-corrected chi connectivity index (χ0v) is 15.7. The normalized spacial score (nSPS) is 15.1. The van der Waals surface area contributed by atoms with Crippen molar-refractivity contribution < 1.29 is 14.0 Å². The van der Waals surface area contributed by atoms with Gasteiger partial charge in [-0.3, -0.25) is 0 Å². The number of rotatable bonds is 5. The van der Waals surface area contributed by atoms with Crippen molar-refractivity contribution in [3.05, 3.63) is 83.5 Å². The monoisotopic (exact) mass is 364 g/mol. The molecule has 27 heavy (non-hydrogen) atoms. The number of hydrogen-bond donors (Lipinski definition) is 1. The molecule has 6 nitrogen and oxygen atoms in total. The molecular weight excluding hydrogens is 340 g/mol. The molecule has 0 radical (unpaired) electrons. The average Bonchev–Trinajstić information content (AvgIpc) is 3.16. The number of benzene rings is 2. The molecule has 0 saturated heterocycles. The van der Waals surface area contributed by atoms with Crippen LogP contribution < -0.4 is 15.6 Å². The highest BCUT2D eigenvalue weighted by Gasteiger charge is 2.21. The van der Waals surface area contributed by atoms with E-state index in [0.717, 1.165) is 5.56 Å². The summed E-state index contributed by atoms with van der Waals surface area (Å²) in [5, 5.41) is 6.85. The SMILES string of the molecule is CC(NC(=O)/N=c1\[cH-][n+](C(C)C(C)c2ccccc2)no1)c1ccccc1. The number of nitrogens with one attached hydrogen (secondary N) is 1. The first-order valence-electron chi connectivity index (χ1n) is 9.05. The van der Waals surface area contributed by atoms with E-state index in [0.29, 0.717) is 0 Å². The van der Waals surface area contributed by atoms with E-state index >= 15 is 0 Å². The summed E-state index contributed by atoms with van der Waals surface area (Å²) in [6.45, 7) is 6.10. The van der Waals surface area contributed by atoms with E-state index in [1.54, 1.807) is 10.9 Å². The molecule has 1 N–H and O–H groups in total. The van der Waals surface area contributed by atoms with Crippen LogP contribution in [0.1, 0.15) is 49.9 Å². The minimum atomic E-state index is -0.460. The molecule has 0 aliphatic rings. The van der Waals surface area contributed by atoms with Gasteiger partial charge in [0, 0.05) is 5.92 Å². The van der Waals surface area contributed by atoms with Gasteiger partial charge < -0.3 is 9.84 Å². The minimum Gasteiger partial charge on any atom is -0.330 e. The summed E-state index contributed by atoms with van der Waals surface area (Å²) in [7, 11) is 0. The number of hydrogen-bond acceptors (Lipinski definition) is 3. The van der Waals surface area contributed by atoms with E-state index in [4.69, 9.17) is 4.52 Å². The first kappa shape index (κ1) is 18.6. The lowest BCUT2D eigenvalue weighted by Crippen LogP contribution is -2.42. The molecule has 3 rings (SSSR count). The highest BCUT2D eigenvalue weighted by molar-refractivity contribution is 5.75. The fourth-order valence-corrected chi connectivity index (χ4v) is 2.90. The molecule has 0 saturated carbocycles. The van der Waals surface area contributed by atoms with Crippen molar-refractivity contribution in [2.24, 2.45) is 4.99 Å². The first-order chi connectivity index (χ1) is 13.0. The second-order valence-corrected chi connectivity index (χ2v) is 6.65. The fourth-order valence-electron chi connectivity index (χ4n) is 2.90. The Bertz CT molecular complexity index is 931. The number of aromatic nitrogens is 2. The highest BCUT2D eigenvalue weighted by atomic mass is 16.5. The average molecular weight is 364 g/mol. The van der Waals surface area contributed by atoms with E-state index in [9.17, 15) is 4.79 Å². The Morgan fingerprint density at radius 2 is 1.63 bits per heavy atom. The molecule has 0 fully saturated rings. The Morgan fingerprint density at radius 3 is 2.26 bits per heavy atom. The van der Waals surface area contributed by atoms with E-state index in [-0.39, 0.29) is 23.6 Å². The third-order valence-corrected chi connectivity index (χ3v) is 4.79. The number of urea groups is 1. The smallest absolute Gasteiger partial charge is 0.330 e. The van der Waals surface area contributed by atoms with E-state index in [1.165, 1.54) is 5.56 Å². The Morgan fingerprint density at radius 1 is 1.04 bits per heavy atom. The molecule has 0 spiro atoms. The molecule has 3 aromatic rings. The number of amides is 2. The number of carbonyl (C=O) groups is 1. The topological polar surface area (TPSA) is 71.4 Å². The van der Waals surface area contributed by atoms with Crippen molar-refractivity contribution in [1.29, 1.82) is 0 Å². The fraction of sp³-hybridized carbons (Fsp3) is 0.286. The summed E-state index contributed by atoms with van der Waals surface area (Å²) < 4.78 is 6.91. The Labute approximate surface area is 158 Å². The van der Waals surface area contributed by atoms with Gasteiger partial charge in [0.2, 0.25) is 0 Å². The Balaban J connectivity index is 1.68. The van der Waals surface area contributed by atoms with Crippen molar-refractivity contribution in [1.82, 2.24) is 10.6 Å². The van der Waals surface area contributed by atoms with Gasteiger partial charge in [0.1, 0.15) is 0 Å². The predicted molar refractivity (Wildman–Crippen MR) is 101 cm³/mol. The number of carbonyl (C=O) groups excluding carboxylic acids is 1. The van der Waals surface area contributed by atoms with Crippen LogP contribution in [-0.2, 0) is 0 Å². The van der Waals surface area contributed by atoms with Crippen LogP contribution in [0.3, 0.4) is 0 Å². The van der Waals surface area contributed by atoms with Crippen molar-refractivity contribution >= 4 is 6.03 Å². The maximum Gasteiger partial charge on any atom is 0.342 e. The standard InChI is InChI=1S/C21H24N4O2/c1-15(18-10-6-4-7-11-18)17(3)25-14-20(27-24-25)23-21(26)22-16(2)19-12-8-5-9-13-19/h4-17H,1-3H3,(H,22,26)/b23-20+. The Hall–Kier alpha value is -3.15. The van der Waals surface area contributed by atoms with Gasteiger partial charge in [-0.2, -0.15) is 4.99 Å². The van der Waals surface area contributed by atoms with Crippen LogP contribution in [0.15, 0.2) is 76.4 Å². The van der Waals surface area contributed by atoms with E-state index in [2.05, 4.69) is 41.6 Å². The first-order valence-corrected chi connectivity index (χ1v) is 9.05. The van der Waals surface area contributed by atoms with Crippen LogP contribution in [0, 0.1) is 0 Å². The van der Waals surface area contributed by atoms with Gasteiger partial charge in [0.05, 0.1) is 6.04 Å². The maximum absolute atomic E-state index is 12.2. The Kier molecular flexibility index (Phi) is 5.86. The maximum atomic E-state index is 12.2. The molecule has 0 bridgehead atoms. The quantitative estimate of drug-likeness (QED) is 0.557. The predicted octanol–water partition coefficient (Wildman–Crippen LogP) is 3.42. The summed E-state index contributed by atoms with van der Waals surface area (Å²) >= 11 is 0. The van der Waals surface area contributed by atoms with Crippen molar-refractivity contribution in [3.63, 3.8) is 0 Å². The van der Waals surface area contributed by atoms with E-state index in [1.807, 2.05) is 55.5 Å². The summed E-state index contributed by atoms with van der Waals surface area (Å²) in [5.74, 6) is 0.237. The zero-order chi connectivity index (χ0) is 19.2. The summed E-state index contributed by atoms with van der Waals surface area (Å²) in [6, 6.07) is 19.4.